The lowest BCUT2D eigenvalue weighted by Gasteiger charge is -2.47. The number of fused-ring (bicyclic) bond motifs is 1. The lowest BCUT2D eigenvalue weighted by atomic mass is 9.83. The van der Waals surface area contributed by atoms with Gasteiger partial charge in [-0.2, -0.15) is 0 Å². The summed E-state index contributed by atoms with van der Waals surface area (Å²) in [6.45, 7) is 4.56. The van der Waals surface area contributed by atoms with Crippen LogP contribution in [0.1, 0.15) is 44.6 Å². The van der Waals surface area contributed by atoms with Gasteiger partial charge in [0.05, 0.1) is 0 Å². The van der Waals surface area contributed by atoms with Crippen molar-refractivity contribution in [2.24, 2.45) is 5.92 Å². The number of pyridine rings is 1. The zero-order valence-electron chi connectivity index (χ0n) is 14.5. The number of amides is 2. The highest BCUT2D eigenvalue weighted by Gasteiger charge is 2.39. The van der Waals surface area contributed by atoms with Crippen LogP contribution >= 0.6 is 0 Å². The maximum Gasteiger partial charge on any atom is 0.222 e. The lowest BCUT2D eigenvalue weighted by molar-refractivity contribution is -0.144. The van der Waals surface area contributed by atoms with E-state index in [1.165, 1.54) is 0 Å². The van der Waals surface area contributed by atoms with Crippen molar-refractivity contribution in [2.45, 2.75) is 51.5 Å². The fraction of sp³-hybridized carbons (Fsp3) is 0.632. The maximum absolute atomic E-state index is 12.5. The van der Waals surface area contributed by atoms with E-state index in [0.29, 0.717) is 30.7 Å². The van der Waals surface area contributed by atoms with Crippen LogP contribution in [0.25, 0.3) is 0 Å². The summed E-state index contributed by atoms with van der Waals surface area (Å²) >= 11 is 0. The van der Waals surface area contributed by atoms with Crippen molar-refractivity contribution in [3.8, 4) is 0 Å². The van der Waals surface area contributed by atoms with Crippen LogP contribution in [0, 0.1) is 5.92 Å². The largest absolute Gasteiger partial charge is 0.342 e. The molecule has 2 atom stereocenters. The Morgan fingerprint density at radius 2 is 2.25 bits per heavy atom. The Kier molecular flexibility index (Phi) is 5.48. The molecular formula is C19H27N3O2. The minimum Gasteiger partial charge on any atom is -0.342 e. The van der Waals surface area contributed by atoms with E-state index in [-0.39, 0.29) is 5.91 Å². The number of aryl methyl sites for hydroxylation is 1. The fourth-order valence-corrected chi connectivity index (χ4v) is 4.06. The minimum atomic E-state index is 0.233. The number of rotatable bonds is 5. The number of hydrogen-bond acceptors (Lipinski definition) is 3. The Hall–Kier alpha value is -1.91. The van der Waals surface area contributed by atoms with Crippen LogP contribution in [0.5, 0.6) is 0 Å². The number of carbonyl (C=O) groups excluding carboxylic acids is 2. The number of aromatic nitrogens is 1. The summed E-state index contributed by atoms with van der Waals surface area (Å²) in [4.78, 5) is 32.9. The summed E-state index contributed by atoms with van der Waals surface area (Å²) < 4.78 is 0. The van der Waals surface area contributed by atoms with Crippen molar-refractivity contribution >= 4 is 11.8 Å². The van der Waals surface area contributed by atoms with E-state index >= 15 is 0 Å². The molecule has 0 aromatic carbocycles. The number of nitrogens with zero attached hydrogens (tertiary/aromatic N) is 3. The van der Waals surface area contributed by atoms with E-state index in [9.17, 15) is 9.59 Å². The van der Waals surface area contributed by atoms with Crippen molar-refractivity contribution in [3.05, 3.63) is 30.1 Å². The normalized spacial score (nSPS) is 24.0. The molecule has 3 heterocycles. The molecule has 0 aliphatic carbocycles. The van der Waals surface area contributed by atoms with Crippen LogP contribution in [0.3, 0.4) is 0 Å². The molecule has 0 bridgehead atoms. The third-order valence-corrected chi connectivity index (χ3v) is 5.31. The monoisotopic (exact) mass is 329 g/mol. The Morgan fingerprint density at radius 1 is 1.38 bits per heavy atom. The molecule has 0 radical (unpaired) electrons. The summed E-state index contributed by atoms with van der Waals surface area (Å²) in [5.74, 6) is 0.982. The van der Waals surface area contributed by atoms with Crippen LogP contribution in [-0.2, 0) is 16.0 Å². The maximum atomic E-state index is 12.5. The Labute approximate surface area is 144 Å². The van der Waals surface area contributed by atoms with Gasteiger partial charge in [-0.25, -0.2) is 0 Å². The number of hydrogen-bond donors (Lipinski definition) is 0. The standard InChI is InChI=1S/C19H27N3O2/c1-2-11-22-17-9-12-21(14-16(17)6-8-19(22)24)18(23)7-5-15-4-3-10-20-13-15/h3-4,10,13,16-17H,2,5-9,11-12,14H2,1H3/t16-,17+/m0/s1. The highest BCUT2D eigenvalue weighted by molar-refractivity contribution is 5.78. The number of likely N-dealkylation sites (tertiary alicyclic amines) is 2. The van der Waals surface area contributed by atoms with E-state index in [1.807, 2.05) is 23.2 Å². The second-order valence-electron chi connectivity index (χ2n) is 6.94. The van der Waals surface area contributed by atoms with Crippen molar-refractivity contribution in [3.63, 3.8) is 0 Å². The van der Waals surface area contributed by atoms with Crippen LogP contribution in [-0.4, -0.2) is 52.3 Å². The third kappa shape index (κ3) is 3.77. The second kappa shape index (κ2) is 7.77. The van der Waals surface area contributed by atoms with E-state index in [1.54, 1.807) is 6.20 Å². The molecule has 3 rings (SSSR count). The predicted molar refractivity (Wildman–Crippen MR) is 92.3 cm³/mol. The molecule has 0 spiro atoms. The summed E-state index contributed by atoms with van der Waals surface area (Å²) in [5.41, 5.74) is 1.11. The number of carbonyl (C=O) groups is 2. The molecule has 2 fully saturated rings. The summed E-state index contributed by atoms with van der Waals surface area (Å²) in [5, 5.41) is 0. The molecule has 0 saturated carbocycles. The van der Waals surface area contributed by atoms with E-state index in [2.05, 4.69) is 16.8 Å². The van der Waals surface area contributed by atoms with Gasteiger partial charge in [-0.1, -0.05) is 13.0 Å². The SMILES string of the molecule is CCCN1C(=O)CC[C@H]2CN(C(=O)CCc3cccnc3)CC[C@H]21. The molecule has 1 aromatic rings. The molecular weight excluding hydrogens is 302 g/mol. The zero-order valence-corrected chi connectivity index (χ0v) is 14.5. The lowest BCUT2D eigenvalue weighted by Crippen LogP contribution is -2.57. The molecule has 2 aliphatic rings. The highest BCUT2D eigenvalue weighted by Crippen LogP contribution is 2.31. The highest BCUT2D eigenvalue weighted by atomic mass is 16.2. The molecule has 5 heteroatoms. The molecule has 2 saturated heterocycles. The van der Waals surface area contributed by atoms with E-state index in [0.717, 1.165) is 50.9 Å². The third-order valence-electron chi connectivity index (χ3n) is 5.31. The van der Waals surface area contributed by atoms with E-state index in [4.69, 9.17) is 0 Å². The fourth-order valence-electron chi connectivity index (χ4n) is 4.06. The quantitative estimate of drug-likeness (QED) is 0.833. The van der Waals surface area contributed by atoms with Crippen molar-refractivity contribution in [1.82, 2.24) is 14.8 Å². The average Bonchev–Trinajstić information content (AvgIpc) is 2.62. The van der Waals surface area contributed by atoms with Gasteiger partial charge in [0.2, 0.25) is 11.8 Å². The van der Waals surface area contributed by atoms with E-state index < -0.39 is 0 Å². The van der Waals surface area contributed by atoms with Crippen molar-refractivity contribution < 1.29 is 9.59 Å². The molecule has 1 aromatic heterocycles. The topological polar surface area (TPSA) is 53.5 Å². The predicted octanol–water partition coefficient (Wildman–Crippen LogP) is 2.26. The molecule has 0 unspecified atom stereocenters. The molecule has 130 valence electrons. The summed E-state index contributed by atoms with van der Waals surface area (Å²) in [6.07, 6.45) is 8.36. The van der Waals surface area contributed by atoms with Crippen molar-refractivity contribution in [2.75, 3.05) is 19.6 Å². The molecule has 0 N–H and O–H groups in total. The van der Waals surface area contributed by atoms with Gasteiger partial charge in [-0.15, -0.1) is 0 Å². The zero-order chi connectivity index (χ0) is 16.9. The van der Waals surface area contributed by atoms with Gasteiger partial charge in [-0.05, 0) is 43.2 Å². The van der Waals surface area contributed by atoms with Crippen molar-refractivity contribution in [1.29, 1.82) is 0 Å². The molecule has 2 aliphatic heterocycles. The Balaban J connectivity index is 1.54. The molecule has 2 amide bonds. The van der Waals surface area contributed by atoms with Crippen LogP contribution in [0.15, 0.2) is 24.5 Å². The van der Waals surface area contributed by atoms with Gasteiger partial charge in [0.15, 0.2) is 0 Å². The molecule has 24 heavy (non-hydrogen) atoms. The van der Waals surface area contributed by atoms with Gasteiger partial charge in [0.1, 0.15) is 0 Å². The molecule has 5 nitrogen and oxygen atoms in total. The Morgan fingerprint density at radius 3 is 3.00 bits per heavy atom. The first-order valence-electron chi connectivity index (χ1n) is 9.15. The van der Waals surface area contributed by atoms with Gasteiger partial charge in [-0.3, -0.25) is 14.6 Å². The van der Waals surface area contributed by atoms with Crippen LogP contribution in [0.4, 0.5) is 0 Å². The Bertz CT molecular complexity index is 575. The van der Waals surface area contributed by atoms with Gasteiger partial charge >= 0.3 is 0 Å². The first-order valence-corrected chi connectivity index (χ1v) is 9.15. The second-order valence-corrected chi connectivity index (χ2v) is 6.94. The first kappa shape index (κ1) is 16.9. The van der Waals surface area contributed by atoms with Gasteiger partial charge in [0, 0.05) is 50.9 Å². The first-order chi connectivity index (χ1) is 11.7. The van der Waals surface area contributed by atoms with Gasteiger partial charge < -0.3 is 9.80 Å². The summed E-state index contributed by atoms with van der Waals surface area (Å²) in [7, 11) is 0. The average molecular weight is 329 g/mol. The van der Waals surface area contributed by atoms with Gasteiger partial charge in [0.25, 0.3) is 0 Å². The van der Waals surface area contributed by atoms with Crippen LogP contribution < -0.4 is 0 Å². The minimum absolute atomic E-state index is 0.233. The van der Waals surface area contributed by atoms with Crippen LogP contribution in [0.2, 0.25) is 0 Å². The smallest absolute Gasteiger partial charge is 0.222 e. The number of piperidine rings is 2. The summed E-state index contributed by atoms with van der Waals surface area (Å²) in [6, 6.07) is 4.27.